The molecule has 1 aliphatic rings. The van der Waals surface area contributed by atoms with Crippen LogP contribution in [-0.4, -0.2) is 23.7 Å². The van der Waals surface area contributed by atoms with E-state index in [-0.39, 0.29) is 0 Å². The van der Waals surface area contributed by atoms with Gasteiger partial charge in [-0.25, -0.2) is 4.99 Å². The molecule has 1 aromatic rings. The number of guanidine groups is 1. The van der Waals surface area contributed by atoms with Crippen molar-refractivity contribution < 1.29 is 4.52 Å². The van der Waals surface area contributed by atoms with Gasteiger partial charge >= 0.3 is 0 Å². The molecule has 2 N–H and O–H groups in total. The smallest absolute Gasteiger partial charge is 0.191 e. The second-order valence-electron chi connectivity index (χ2n) is 6.05. The fourth-order valence-electron chi connectivity index (χ4n) is 2.59. The average Bonchev–Trinajstić information content (AvgIpc) is 2.95. The van der Waals surface area contributed by atoms with Crippen molar-refractivity contribution >= 4 is 5.96 Å². The lowest BCUT2D eigenvalue weighted by molar-refractivity contribution is 0.375. The quantitative estimate of drug-likeness (QED) is 0.646. The first-order valence-electron chi connectivity index (χ1n) is 8.19. The Morgan fingerprint density at radius 2 is 2.14 bits per heavy atom. The number of nitrogens with zero attached hydrogens (tertiary/aromatic N) is 2. The van der Waals surface area contributed by atoms with E-state index >= 15 is 0 Å². The standard InChI is InChI=1S/C16H28N4O/c1-4-17-16(19-13-8-6-5-7-9-13)18-11-14-10-15(12(2)3)20-21-14/h10,12-13H,4-9,11H2,1-3H3,(H2,17,18,19). The molecule has 1 fully saturated rings. The number of hydrogen-bond acceptors (Lipinski definition) is 3. The van der Waals surface area contributed by atoms with Crippen LogP contribution in [0, 0.1) is 0 Å². The summed E-state index contributed by atoms with van der Waals surface area (Å²) in [6.45, 7) is 7.70. The van der Waals surface area contributed by atoms with Gasteiger partial charge in [-0.2, -0.15) is 0 Å². The van der Waals surface area contributed by atoms with Crippen molar-refractivity contribution in [3.8, 4) is 0 Å². The van der Waals surface area contributed by atoms with Crippen LogP contribution in [0.3, 0.4) is 0 Å². The maximum Gasteiger partial charge on any atom is 0.191 e. The maximum atomic E-state index is 5.33. The topological polar surface area (TPSA) is 62.5 Å². The monoisotopic (exact) mass is 292 g/mol. The molecule has 1 saturated carbocycles. The molecule has 5 nitrogen and oxygen atoms in total. The summed E-state index contributed by atoms with van der Waals surface area (Å²) < 4.78 is 5.33. The van der Waals surface area contributed by atoms with Crippen LogP contribution in [0.1, 0.15) is 70.2 Å². The van der Waals surface area contributed by atoms with Crippen molar-refractivity contribution in [2.24, 2.45) is 4.99 Å². The Hall–Kier alpha value is -1.52. The van der Waals surface area contributed by atoms with Crippen LogP contribution in [0.4, 0.5) is 0 Å². The molecule has 2 rings (SSSR count). The van der Waals surface area contributed by atoms with Gasteiger partial charge in [0.05, 0.1) is 5.69 Å². The van der Waals surface area contributed by atoms with Crippen LogP contribution >= 0.6 is 0 Å². The van der Waals surface area contributed by atoms with Gasteiger partial charge in [0.2, 0.25) is 0 Å². The molecule has 0 spiro atoms. The second-order valence-corrected chi connectivity index (χ2v) is 6.05. The fourth-order valence-corrected chi connectivity index (χ4v) is 2.59. The number of aromatic nitrogens is 1. The summed E-state index contributed by atoms with van der Waals surface area (Å²) in [7, 11) is 0. The minimum Gasteiger partial charge on any atom is -0.359 e. The normalized spacial score (nSPS) is 17.2. The lowest BCUT2D eigenvalue weighted by Crippen LogP contribution is -2.44. The fraction of sp³-hybridized carbons (Fsp3) is 0.750. The van der Waals surface area contributed by atoms with Gasteiger partial charge in [-0.15, -0.1) is 0 Å². The molecule has 1 heterocycles. The van der Waals surface area contributed by atoms with E-state index in [0.29, 0.717) is 18.5 Å². The van der Waals surface area contributed by atoms with Crippen LogP contribution in [0.2, 0.25) is 0 Å². The lowest BCUT2D eigenvalue weighted by atomic mass is 9.96. The summed E-state index contributed by atoms with van der Waals surface area (Å²) in [6, 6.07) is 2.55. The number of nitrogens with one attached hydrogen (secondary N) is 2. The van der Waals surface area contributed by atoms with Crippen LogP contribution in [0.15, 0.2) is 15.6 Å². The third-order valence-electron chi connectivity index (χ3n) is 3.85. The van der Waals surface area contributed by atoms with Gasteiger partial charge in [0.15, 0.2) is 11.7 Å². The summed E-state index contributed by atoms with van der Waals surface area (Å²) in [6.07, 6.45) is 6.48. The number of aliphatic imine (C=N–C) groups is 1. The summed E-state index contributed by atoms with van der Waals surface area (Å²) >= 11 is 0. The summed E-state index contributed by atoms with van der Waals surface area (Å²) in [5.41, 5.74) is 0.991. The van der Waals surface area contributed by atoms with Crippen molar-refractivity contribution in [3.05, 3.63) is 17.5 Å². The Labute approximate surface area is 127 Å². The first-order valence-corrected chi connectivity index (χ1v) is 8.19. The van der Waals surface area contributed by atoms with Gasteiger partial charge in [-0.05, 0) is 25.7 Å². The molecule has 0 radical (unpaired) electrons. The molecule has 21 heavy (non-hydrogen) atoms. The van der Waals surface area contributed by atoms with E-state index < -0.39 is 0 Å². The Balaban J connectivity index is 1.92. The molecule has 0 bridgehead atoms. The van der Waals surface area contributed by atoms with Gasteiger partial charge in [0.1, 0.15) is 6.54 Å². The summed E-state index contributed by atoms with van der Waals surface area (Å²) in [5.74, 6) is 2.09. The van der Waals surface area contributed by atoms with E-state index in [1.165, 1.54) is 32.1 Å². The Morgan fingerprint density at radius 1 is 1.38 bits per heavy atom. The van der Waals surface area contributed by atoms with Crippen molar-refractivity contribution in [1.82, 2.24) is 15.8 Å². The van der Waals surface area contributed by atoms with Crippen LogP contribution in [0.25, 0.3) is 0 Å². The highest BCUT2D eigenvalue weighted by atomic mass is 16.5. The van der Waals surface area contributed by atoms with Gasteiger partial charge < -0.3 is 15.2 Å². The summed E-state index contributed by atoms with van der Waals surface area (Å²) in [4.78, 5) is 4.61. The van der Waals surface area contributed by atoms with Gasteiger partial charge in [0, 0.05) is 18.7 Å². The molecule has 1 aliphatic carbocycles. The molecule has 1 aromatic heterocycles. The summed E-state index contributed by atoms with van der Waals surface area (Å²) in [5, 5.41) is 10.9. The largest absolute Gasteiger partial charge is 0.359 e. The maximum absolute atomic E-state index is 5.33. The molecule has 0 atom stereocenters. The Bertz CT molecular complexity index is 447. The van der Waals surface area contributed by atoms with Crippen LogP contribution in [0.5, 0.6) is 0 Å². The SMILES string of the molecule is CCNC(=NCc1cc(C(C)C)no1)NC1CCCCC1. The zero-order valence-corrected chi connectivity index (χ0v) is 13.5. The molecule has 0 saturated heterocycles. The highest BCUT2D eigenvalue weighted by Crippen LogP contribution is 2.17. The molecule has 0 unspecified atom stereocenters. The molecule has 0 aliphatic heterocycles. The molecule has 0 amide bonds. The Morgan fingerprint density at radius 3 is 2.76 bits per heavy atom. The molecule has 0 aromatic carbocycles. The van der Waals surface area contributed by atoms with E-state index in [1.54, 1.807) is 0 Å². The molecule has 118 valence electrons. The minimum atomic E-state index is 0.389. The first kappa shape index (κ1) is 15.9. The molecular formula is C16H28N4O. The van der Waals surface area contributed by atoms with E-state index in [4.69, 9.17) is 4.52 Å². The first-order chi connectivity index (χ1) is 10.2. The van der Waals surface area contributed by atoms with Crippen LogP contribution < -0.4 is 10.6 Å². The third kappa shape index (κ3) is 5.06. The van der Waals surface area contributed by atoms with E-state index in [9.17, 15) is 0 Å². The van der Waals surface area contributed by atoms with E-state index in [0.717, 1.165) is 24.0 Å². The molecule has 5 heteroatoms. The van der Waals surface area contributed by atoms with Crippen molar-refractivity contribution in [1.29, 1.82) is 0 Å². The number of rotatable bonds is 5. The zero-order valence-electron chi connectivity index (χ0n) is 13.5. The lowest BCUT2D eigenvalue weighted by Gasteiger charge is -2.24. The van der Waals surface area contributed by atoms with Gasteiger partial charge in [-0.1, -0.05) is 38.3 Å². The van der Waals surface area contributed by atoms with Gasteiger partial charge in [0.25, 0.3) is 0 Å². The second kappa shape index (κ2) is 8.05. The highest BCUT2D eigenvalue weighted by molar-refractivity contribution is 5.80. The van der Waals surface area contributed by atoms with E-state index in [2.05, 4.69) is 41.6 Å². The predicted molar refractivity (Wildman–Crippen MR) is 85.4 cm³/mol. The molecular weight excluding hydrogens is 264 g/mol. The third-order valence-corrected chi connectivity index (χ3v) is 3.85. The number of hydrogen-bond donors (Lipinski definition) is 2. The van der Waals surface area contributed by atoms with Gasteiger partial charge in [-0.3, -0.25) is 0 Å². The van der Waals surface area contributed by atoms with Crippen molar-refractivity contribution in [3.63, 3.8) is 0 Å². The van der Waals surface area contributed by atoms with Crippen molar-refractivity contribution in [2.45, 2.75) is 71.4 Å². The zero-order chi connectivity index (χ0) is 15.1. The Kier molecular flexibility index (Phi) is 6.08. The minimum absolute atomic E-state index is 0.389. The highest BCUT2D eigenvalue weighted by Gasteiger charge is 2.14. The van der Waals surface area contributed by atoms with Crippen LogP contribution in [-0.2, 0) is 6.54 Å². The van der Waals surface area contributed by atoms with E-state index in [1.807, 2.05) is 6.07 Å². The predicted octanol–water partition coefficient (Wildman–Crippen LogP) is 3.19. The average molecular weight is 292 g/mol. The van der Waals surface area contributed by atoms with Crippen molar-refractivity contribution in [2.75, 3.05) is 6.54 Å².